The Balaban J connectivity index is 1.14. The smallest absolute Gasteiger partial charge is 0.240 e. The van der Waals surface area contributed by atoms with Gasteiger partial charge in [-0.15, -0.1) is 0 Å². The molecule has 1 aromatic rings. The van der Waals surface area contributed by atoms with Crippen LogP contribution in [0.3, 0.4) is 0 Å². The first-order chi connectivity index (χ1) is 14.9. The molecule has 0 spiro atoms. The van der Waals surface area contributed by atoms with E-state index in [0.717, 1.165) is 35.8 Å². The number of rotatable bonds is 5. The van der Waals surface area contributed by atoms with Gasteiger partial charge < -0.3 is 15.0 Å². The number of ether oxygens (including phenoxy) is 1. The number of anilines is 1. The lowest BCUT2D eigenvalue weighted by atomic mass is 9.85. The van der Waals surface area contributed by atoms with E-state index in [1.54, 1.807) is 6.20 Å². The number of aromatic nitrogens is 1. The van der Waals surface area contributed by atoms with Crippen LogP contribution in [0.2, 0.25) is 0 Å². The number of fused-ring (bicyclic) bond motifs is 5. The Labute approximate surface area is 181 Å². The number of likely N-dealkylation sites (tertiary alicyclic amines) is 1. The molecule has 0 unspecified atom stereocenters. The maximum absolute atomic E-state index is 12.7. The zero-order chi connectivity index (χ0) is 21.7. The molecular weight excluding hydrogens is 396 g/mol. The molecule has 0 aromatic carbocycles. The second kappa shape index (κ2) is 7.75. The highest BCUT2D eigenvalue weighted by molar-refractivity contribution is 6.08. The average Bonchev–Trinajstić information content (AvgIpc) is 3.42. The van der Waals surface area contributed by atoms with Crippen molar-refractivity contribution in [3.05, 3.63) is 36.0 Å². The molecule has 2 aliphatic carbocycles. The van der Waals surface area contributed by atoms with Crippen molar-refractivity contribution in [2.45, 2.75) is 39.0 Å². The quantitative estimate of drug-likeness (QED) is 0.563. The van der Waals surface area contributed by atoms with E-state index in [0.29, 0.717) is 6.54 Å². The fraction of sp³-hybridized carbons (Fsp3) is 0.565. The minimum atomic E-state index is -0.332. The Kier molecular flexibility index (Phi) is 5.04. The van der Waals surface area contributed by atoms with E-state index in [1.807, 2.05) is 12.1 Å². The summed E-state index contributed by atoms with van der Waals surface area (Å²) in [5.41, 5.74) is 0.865. The van der Waals surface area contributed by atoms with Gasteiger partial charge in [-0.05, 0) is 43.7 Å². The number of amides is 3. The molecule has 5 rings (SSSR count). The van der Waals surface area contributed by atoms with E-state index in [4.69, 9.17) is 4.74 Å². The minimum Gasteiger partial charge on any atom is -0.372 e. The fourth-order valence-electron chi connectivity index (χ4n) is 5.59. The molecule has 31 heavy (non-hydrogen) atoms. The van der Waals surface area contributed by atoms with Crippen LogP contribution in [0.25, 0.3) is 0 Å². The van der Waals surface area contributed by atoms with Gasteiger partial charge in [-0.2, -0.15) is 0 Å². The number of nitrogens with zero attached hydrogens (tertiary/aromatic N) is 3. The predicted octanol–water partition coefficient (Wildman–Crippen LogP) is 1.12. The topological polar surface area (TPSA) is 91.8 Å². The van der Waals surface area contributed by atoms with E-state index in [-0.39, 0.29) is 60.1 Å². The Morgan fingerprint density at radius 3 is 2.32 bits per heavy atom. The van der Waals surface area contributed by atoms with Gasteiger partial charge in [0.15, 0.2) is 0 Å². The van der Waals surface area contributed by atoms with Crippen LogP contribution in [-0.4, -0.2) is 59.4 Å². The highest BCUT2D eigenvalue weighted by Crippen LogP contribution is 2.52. The molecule has 3 amide bonds. The van der Waals surface area contributed by atoms with Gasteiger partial charge in [0, 0.05) is 25.8 Å². The first-order valence-corrected chi connectivity index (χ1v) is 11.1. The predicted molar refractivity (Wildman–Crippen MR) is 113 cm³/mol. The van der Waals surface area contributed by atoms with Crippen LogP contribution >= 0.6 is 0 Å². The molecule has 3 fully saturated rings. The normalized spacial score (nSPS) is 33.9. The highest BCUT2D eigenvalue weighted by atomic mass is 16.5. The van der Waals surface area contributed by atoms with Crippen molar-refractivity contribution < 1.29 is 19.1 Å². The lowest BCUT2D eigenvalue weighted by Crippen LogP contribution is -2.45. The Hall–Kier alpha value is -2.74. The summed E-state index contributed by atoms with van der Waals surface area (Å²) in [5, 5.41) is 2.81. The molecule has 2 aliphatic heterocycles. The van der Waals surface area contributed by atoms with Gasteiger partial charge in [0.25, 0.3) is 0 Å². The summed E-state index contributed by atoms with van der Waals surface area (Å²) in [6.07, 6.45) is 7.06. The van der Waals surface area contributed by atoms with Gasteiger partial charge in [0.1, 0.15) is 12.4 Å². The van der Waals surface area contributed by atoms with Crippen molar-refractivity contribution in [2.75, 3.05) is 24.5 Å². The number of imide groups is 1. The zero-order valence-electron chi connectivity index (χ0n) is 17.9. The molecular formula is C23H28N4O4. The second-order valence-corrected chi connectivity index (χ2v) is 9.23. The number of nitrogens with one attached hydrogen (secondary N) is 1. The third-order valence-electron chi connectivity index (χ3n) is 6.91. The lowest BCUT2D eigenvalue weighted by molar-refractivity contribution is -0.144. The summed E-state index contributed by atoms with van der Waals surface area (Å²) >= 11 is 0. The van der Waals surface area contributed by atoms with E-state index in [2.05, 4.69) is 41.2 Å². The largest absolute Gasteiger partial charge is 0.372 e. The van der Waals surface area contributed by atoms with Crippen molar-refractivity contribution in [1.29, 1.82) is 0 Å². The van der Waals surface area contributed by atoms with E-state index < -0.39 is 0 Å². The van der Waals surface area contributed by atoms with Gasteiger partial charge in [-0.1, -0.05) is 18.2 Å². The van der Waals surface area contributed by atoms with E-state index in [1.165, 1.54) is 0 Å². The number of hydrogen-bond acceptors (Lipinski definition) is 6. The maximum atomic E-state index is 12.7. The van der Waals surface area contributed by atoms with Crippen molar-refractivity contribution in [1.82, 2.24) is 15.2 Å². The lowest BCUT2D eigenvalue weighted by Gasteiger charge is -2.36. The summed E-state index contributed by atoms with van der Waals surface area (Å²) in [7, 11) is 0. The summed E-state index contributed by atoms with van der Waals surface area (Å²) in [6, 6.07) is 3.89. The zero-order valence-corrected chi connectivity index (χ0v) is 17.9. The molecule has 164 valence electrons. The molecule has 1 N–H and O–H groups in total. The SMILES string of the molecule is C[C@@H]1CN(c2ccc(CNC(=O)CN3C(=O)[C@H]4[C@H](C3=O)[C@H]3C=C[C@H]4C3)cn2)C[C@H](C)O1. The molecule has 6 atom stereocenters. The molecule has 1 saturated carbocycles. The molecule has 4 aliphatic rings. The minimum absolute atomic E-state index is 0.154. The van der Waals surface area contributed by atoms with Crippen LogP contribution in [0.15, 0.2) is 30.5 Å². The van der Waals surface area contributed by atoms with Crippen LogP contribution in [0.1, 0.15) is 25.8 Å². The van der Waals surface area contributed by atoms with Crippen LogP contribution < -0.4 is 10.2 Å². The molecule has 0 radical (unpaired) electrons. The number of hydrogen-bond donors (Lipinski definition) is 1. The monoisotopic (exact) mass is 424 g/mol. The Morgan fingerprint density at radius 2 is 1.74 bits per heavy atom. The number of carbonyl (C=O) groups excluding carboxylic acids is 3. The van der Waals surface area contributed by atoms with Crippen molar-refractivity contribution in [2.24, 2.45) is 23.7 Å². The first-order valence-electron chi connectivity index (χ1n) is 11.1. The Morgan fingerprint density at radius 1 is 1.10 bits per heavy atom. The summed E-state index contributed by atoms with van der Waals surface area (Å²) in [5.74, 6) is -0.0515. The first kappa shape index (κ1) is 20.2. The standard InChI is InChI=1S/C23H28N4O4/c1-13-10-26(11-14(2)31-13)18-6-3-15(8-24-18)9-25-19(28)12-27-22(29)20-16-4-5-17(7-16)21(20)23(27)30/h3-6,8,13-14,16-17,20-21H,7,9-12H2,1-2H3,(H,25,28)/t13-,14+,16-,17-,20+,21+/m0/s1. The van der Waals surface area contributed by atoms with E-state index >= 15 is 0 Å². The van der Waals surface area contributed by atoms with Gasteiger partial charge in [0.05, 0.1) is 24.0 Å². The van der Waals surface area contributed by atoms with Crippen molar-refractivity contribution in [3.8, 4) is 0 Å². The summed E-state index contributed by atoms with van der Waals surface area (Å²) in [6.45, 7) is 5.79. The highest BCUT2D eigenvalue weighted by Gasteiger charge is 2.59. The fourth-order valence-corrected chi connectivity index (χ4v) is 5.59. The molecule has 8 nitrogen and oxygen atoms in total. The van der Waals surface area contributed by atoms with E-state index in [9.17, 15) is 14.4 Å². The molecule has 1 aromatic heterocycles. The number of pyridine rings is 1. The van der Waals surface area contributed by atoms with Crippen LogP contribution in [0.4, 0.5) is 5.82 Å². The van der Waals surface area contributed by atoms with Crippen molar-refractivity contribution >= 4 is 23.5 Å². The molecule has 3 heterocycles. The summed E-state index contributed by atoms with van der Waals surface area (Å²) < 4.78 is 5.76. The average molecular weight is 425 g/mol. The van der Waals surface area contributed by atoms with Crippen LogP contribution in [-0.2, 0) is 25.7 Å². The number of morpholine rings is 1. The molecule has 2 saturated heterocycles. The molecule has 8 heteroatoms. The Bertz CT molecular complexity index is 890. The maximum Gasteiger partial charge on any atom is 0.240 e. The number of carbonyl (C=O) groups is 3. The third-order valence-corrected chi connectivity index (χ3v) is 6.91. The van der Waals surface area contributed by atoms with Crippen LogP contribution in [0.5, 0.6) is 0 Å². The van der Waals surface area contributed by atoms with Gasteiger partial charge in [-0.3, -0.25) is 19.3 Å². The number of allylic oxidation sites excluding steroid dienone is 2. The van der Waals surface area contributed by atoms with Gasteiger partial charge in [0.2, 0.25) is 17.7 Å². The second-order valence-electron chi connectivity index (χ2n) is 9.23. The van der Waals surface area contributed by atoms with Crippen molar-refractivity contribution in [3.63, 3.8) is 0 Å². The van der Waals surface area contributed by atoms with Gasteiger partial charge >= 0.3 is 0 Å². The van der Waals surface area contributed by atoms with Crippen LogP contribution in [0, 0.1) is 23.7 Å². The summed E-state index contributed by atoms with van der Waals surface area (Å²) in [4.78, 5) is 45.7. The third kappa shape index (κ3) is 3.63. The molecule has 2 bridgehead atoms. The van der Waals surface area contributed by atoms with Gasteiger partial charge in [-0.25, -0.2) is 4.98 Å².